The van der Waals surface area contributed by atoms with Crippen molar-refractivity contribution in [3.05, 3.63) is 90.2 Å². The molecule has 0 aliphatic rings. The van der Waals surface area contributed by atoms with Gasteiger partial charge in [-0.15, -0.1) is 0 Å². The molecule has 0 aliphatic carbocycles. The van der Waals surface area contributed by atoms with Gasteiger partial charge in [0, 0.05) is 22.3 Å². The summed E-state index contributed by atoms with van der Waals surface area (Å²) in [7, 11) is 0. The second-order valence-corrected chi connectivity index (χ2v) is 6.20. The van der Waals surface area contributed by atoms with Gasteiger partial charge in [-0.25, -0.2) is 4.39 Å². The van der Waals surface area contributed by atoms with Crippen LogP contribution < -0.4 is 5.32 Å². The van der Waals surface area contributed by atoms with E-state index in [0.717, 1.165) is 28.0 Å². The van der Waals surface area contributed by atoms with Crippen LogP contribution in [0.5, 0.6) is 0 Å². The SMILES string of the molecule is O=C(Cc1ccc(F)cc1)Nc1ccc(-c2cc3ccccc3[nH]2)cc1. The monoisotopic (exact) mass is 344 g/mol. The third-order valence-electron chi connectivity index (χ3n) is 4.29. The molecular formula is C22H17FN2O. The number of carbonyl (C=O) groups excluding carboxylic acids is 1. The Hall–Kier alpha value is -3.40. The molecule has 2 N–H and O–H groups in total. The first-order chi connectivity index (χ1) is 12.7. The number of aromatic amines is 1. The van der Waals surface area contributed by atoms with Crippen molar-refractivity contribution in [3.8, 4) is 11.3 Å². The highest BCUT2D eigenvalue weighted by Gasteiger charge is 2.06. The van der Waals surface area contributed by atoms with E-state index in [1.54, 1.807) is 12.1 Å². The second-order valence-electron chi connectivity index (χ2n) is 6.20. The zero-order valence-electron chi connectivity index (χ0n) is 14.0. The highest BCUT2D eigenvalue weighted by Crippen LogP contribution is 2.25. The third kappa shape index (κ3) is 3.49. The maximum absolute atomic E-state index is 12.9. The summed E-state index contributed by atoms with van der Waals surface area (Å²) in [5.41, 5.74) is 4.70. The molecule has 4 aromatic rings. The van der Waals surface area contributed by atoms with E-state index in [2.05, 4.69) is 22.4 Å². The number of amides is 1. The van der Waals surface area contributed by atoms with Gasteiger partial charge in [-0.3, -0.25) is 4.79 Å². The molecule has 1 heterocycles. The van der Waals surface area contributed by atoms with E-state index in [1.165, 1.54) is 17.5 Å². The number of para-hydroxylation sites is 1. The van der Waals surface area contributed by atoms with E-state index in [-0.39, 0.29) is 18.1 Å². The summed E-state index contributed by atoms with van der Waals surface area (Å²) < 4.78 is 12.9. The molecule has 26 heavy (non-hydrogen) atoms. The van der Waals surface area contributed by atoms with E-state index in [0.29, 0.717) is 0 Å². The lowest BCUT2D eigenvalue weighted by Gasteiger charge is -2.06. The molecule has 0 saturated heterocycles. The van der Waals surface area contributed by atoms with Crippen LogP contribution in [-0.2, 0) is 11.2 Å². The summed E-state index contributed by atoms with van der Waals surface area (Å²) in [6, 6.07) is 23.9. The van der Waals surface area contributed by atoms with Crippen LogP contribution in [0.2, 0.25) is 0 Å². The van der Waals surface area contributed by atoms with Crippen LogP contribution in [0.4, 0.5) is 10.1 Å². The highest BCUT2D eigenvalue weighted by atomic mass is 19.1. The molecule has 4 heteroatoms. The number of rotatable bonds is 4. The molecule has 0 bridgehead atoms. The molecular weight excluding hydrogens is 327 g/mol. The van der Waals surface area contributed by atoms with Gasteiger partial charge in [0.05, 0.1) is 6.42 Å². The molecule has 1 aromatic heterocycles. The molecule has 0 aliphatic heterocycles. The van der Waals surface area contributed by atoms with Crippen molar-refractivity contribution < 1.29 is 9.18 Å². The summed E-state index contributed by atoms with van der Waals surface area (Å²) in [6.07, 6.45) is 0.212. The Kier molecular flexibility index (Phi) is 4.23. The van der Waals surface area contributed by atoms with Crippen LogP contribution in [-0.4, -0.2) is 10.9 Å². The fourth-order valence-corrected chi connectivity index (χ4v) is 2.95. The molecule has 3 aromatic carbocycles. The van der Waals surface area contributed by atoms with Crippen LogP contribution in [0, 0.1) is 5.82 Å². The zero-order chi connectivity index (χ0) is 17.9. The Morgan fingerprint density at radius 3 is 2.38 bits per heavy atom. The van der Waals surface area contributed by atoms with Gasteiger partial charge in [-0.05, 0) is 47.5 Å². The van der Waals surface area contributed by atoms with E-state index < -0.39 is 0 Å². The highest BCUT2D eigenvalue weighted by molar-refractivity contribution is 5.92. The third-order valence-corrected chi connectivity index (χ3v) is 4.29. The number of nitrogens with one attached hydrogen (secondary N) is 2. The average Bonchev–Trinajstić information content (AvgIpc) is 3.08. The molecule has 0 unspecified atom stereocenters. The fourth-order valence-electron chi connectivity index (χ4n) is 2.95. The number of fused-ring (bicyclic) bond motifs is 1. The van der Waals surface area contributed by atoms with Crippen molar-refractivity contribution in [2.24, 2.45) is 0 Å². The first-order valence-corrected chi connectivity index (χ1v) is 8.40. The zero-order valence-corrected chi connectivity index (χ0v) is 14.0. The van der Waals surface area contributed by atoms with E-state index in [1.807, 2.05) is 42.5 Å². The van der Waals surface area contributed by atoms with Gasteiger partial charge in [0.1, 0.15) is 5.82 Å². The van der Waals surface area contributed by atoms with Gasteiger partial charge < -0.3 is 10.3 Å². The molecule has 0 spiro atoms. The number of hydrogen-bond acceptors (Lipinski definition) is 1. The fraction of sp³-hybridized carbons (Fsp3) is 0.0455. The largest absolute Gasteiger partial charge is 0.355 e. The summed E-state index contributed by atoms with van der Waals surface area (Å²) >= 11 is 0. The Balaban J connectivity index is 1.45. The minimum atomic E-state index is -0.304. The number of hydrogen-bond donors (Lipinski definition) is 2. The Morgan fingerprint density at radius 2 is 1.65 bits per heavy atom. The number of H-pyrrole nitrogens is 1. The van der Waals surface area contributed by atoms with Crippen molar-refractivity contribution in [2.45, 2.75) is 6.42 Å². The molecule has 0 atom stereocenters. The number of benzene rings is 3. The van der Waals surface area contributed by atoms with Gasteiger partial charge in [-0.1, -0.05) is 42.5 Å². The summed E-state index contributed by atoms with van der Waals surface area (Å²) in [4.78, 5) is 15.5. The Labute approximate surface area is 150 Å². The lowest BCUT2D eigenvalue weighted by atomic mass is 10.1. The van der Waals surface area contributed by atoms with Crippen LogP contribution in [0.3, 0.4) is 0 Å². The predicted molar refractivity (Wildman–Crippen MR) is 102 cm³/mol. The van der Waals surface area contributed by atoms with Crippen molar-refractivity contribution >= 4 is 22.5 Å². The number of anilines is 1. The van der Waals surface area contributed by atoms with Crippen LogP contribution in [0.1, 0.15) is 5.56 Å². The van der Waals surface area contributed by atoms with Crippen LogP contribution >= 0.6 is 0 Å². The topological polar surface area (TPSA) is 44.9 Å². The van der Waals surface area contributed by atoms with Crippen LogP contribution in [0.15, 0.2) is 78.9 Å². The standard InChI is InChI=1S/C22H17FN2O/c23-18-9-5-15(6-10-18)13-22(26)24-19-11-7-16(8-12-19)21-14-17-3-1-2-4-20(17)25-21/h1-12,14,25H,13H2,(H,24,26). The van der Waals surface area contributed by atoms with E-state index in [9.17, 15) is 9.18 Å². The quantitative estimate of drug-likeness (QED) is 0.528. The van der Waals surface area contributed by atoms with Gasteiger partial charge in [0.25, 0.3) is 0 Å². The first kappa shape index (κ1) is 16.1. The molecule has 3 nitrogen and oxygen atoms in total. The minimum Gasteiger partial charge on any atom is -0.355 e. The molecule has 128 valence electrons. The maximum Gasteiger partial charge on any atom is 0.228 e. The average molecular weight is 344 g/mol. The lowest BCUT2D eigenvalue weighted by Crippen LogP contribution is -2.14. The summed E-state index contributed by atoms with van der Waals surface area (Å²) in [6.45, 7) is 0. The normalized spacial score (nSPS) is 10.8. The molecule has 0 fully saturated rings. The Morgan fingerprint density at radius 1 is 0.923 bits per heavy atom. The van der Waals surface area contributed by atoms with Gasteiger partial charge in [0.2, 0.25) is 5.91 Å². The minimum absolute atomic E-state index is 0.130. The molecule has 1 amide bonds. The van der Waals surface area contributed by atoms with Crippen molar-refractivity contribution in [3.63, 3.8) is 0 Å². The van der Waals surface area contributed by atoms with Crippen molar-refractivity contribution in [1.29, 1.82) is 0 Å². The van der Waals surface area contributed by atoms with Gasteiger partial charge in [-0.2, -0.15) is 0 Å². The first-order valence-electron chi connectivity index (χ1n) is 8.40. The molecule has 0 radical (unpaired) electrons. The molecule has 0 saturated carbocycles. The maximum atomic E-state index is 12.9. The molecule has 4 rings (SSSR count). The van der Waals surface area contributed by atoms with Crippen molar-refractivity contribution in [2.75, 3.05) is 5.32 Å². The lowest BCUT2D eigenvalue weighted by molar-refractivity contribution is -0.115. The number of carbonyl (C=O) groups is 1. The number of halogens is 1. The van der Waals surface area contributed by atoms with Gasteiger partial charge in [0.15, 0.2) is 0 Å². The number of aromatic nitrogens is 1. The van der Waals surface area contributed by atoms with E-state index >= 15 is 0 Å². The van der Waals surface area contributed by atoms with Crippen molar-refractivity contribution in [1.82, 2.24) is 4.98 Å². The smallest absolute Gasteiger partial charge is 0.228 e. The summed E-state index contributed by atoms with van der Waals surface area (Å²) in [5.74, 6) is -0.434. The van der Waals surface area contributed by atoms with Crippen LogP contribution in [0.25, 0.3) is 22.2 Å². The van der Waals surface area contributed by atoms with E-state index in [4.69, 9.17) is 0 Å². The Bertz CT molecular complexity index is 1020. The predicted octanol–water partition coefficient (Wildman–Crippen LogP) is 5.16. The summed E-state index contributed by atoms with van der Waals surface area (Å²) in [5, 5.41) is 4.03. The second kappa shape index (κ2) is 6.84. The van der Waals surface area contributed by atoms with Gasteiger partial charge >= 0.3 is 0 Å².